The normalized spacial score (nSPS) is 17.2. The number of hydrogen-bond acceptors (Lipinski definition) is 3. The van der Waals surface area contributed by atoms with Gasteiger partial charge >= 0.3 is 0 Å². The van der Waals surface area contributed by atoms with Crippen LogP contribution in [0.4, 0.5) is 0 Å². The average Bonchev–Trinajstić information content (AvgIpc) is 2.72. The highest BCUT2D eigenvalue weighted by Gasteiger charge is 2.20. The topological polar surface area (TPSA) is 24.9 Å². The monoisotopic (exact) mass is 168 g/mol. The van der Waals surface area contributed by atoms with Gasteiger partial charge in [0, 0.05) is 23.7 Å². The van der Waals surface area contributed by atoms with E-state index in [0.29, 0.717) is 0 Å². The highest BCUT2D eigenvalue weighted by Crippen LogP contribution is 2.19. The van der Waals surface area contributed by atoms with E-state index in [1.165, 1.54) is 17.8 Å². The van der Waals surface area contributed by atoms with Gasteiger partial charge in [0.1, 0.15) is 5.01 Å². The van der Waals surface area contributed by atoms with Crippen molar-refractivity contribution in [3.8, 4) is 0 Å². The molecule has 0 saturated heterocycles. The molecule has 1 aliphatic carbocycles. The fourth-order valence-electron chi connectivity index (χ4n) is 1.00. The van der Waals surface area contributed by atoms with Gasteiger partial charge in [-0.05, 0) is 19.8 Å². The van der Waals surface area contributed by atoms with Crippen molar-refractivity contribution in [1.82, 2.24) is 10.3 Å². The van der Waals surface area contributed by atoms with E-state index in [2.05, 4.69) is 15.7 Å². The van der Waals surface area contributed by atoms with Gasteiger partial charge in [0.2, 0.25) is 0 Å². The molecule has 11 heavy (non-hydrogen) atoms. The maximum atomic E-state index is 4.37. The first kappa shape index (κ1) is 7.25. The molecule has 1 saturated carbocycles. The summed E-state index contributed by atoms with van der Waals surface area (Å²) in [6.07, 6.45) is 2.70. The summed E-state index contributed by atoms with van der Waals surface area (Å²) in [7, 11) is 0. The predicted molar refractivity (Wildman–Crippen MR) is 46.7 cm³/mol. The van der Waals surface area contributed by atoms with Crippen LogP contribution in [0.5, 0.6) is 0 Å². The van der Waals surface area contributed by atoms with Crippen molar-refractivity contribution in [2.24, 2.45) is 0 Å². The molecule has 1 N–H and O–H groups in total. The van der Waals surface area contributed by atoms with E-state index in [1.54, 1.807) is 11.3 Å². The molecule has 1 fully saturated rings. The Morgan fingerprint density at radius 1 is 1.73 bits per heavy atom. The molecular formula is C8H12N2S. The molecule has 0 aliphatic heterocycles. The zero-order chi connectivity index (χ0) is 7.68. The second kappa shape index (κ2) is 2.91. The molecule has 1 aliphatic rings. The Labute approximate surface area is 70.7 Å². The molecule has 1 aromatic heterocycles. The van der Waals surface area contributed by atoms with E-state index in [9.17, 15) is 0 Å². The maximum Gasteiger partial charge on any atom is 0.107 e. The summed E-state index contributed by atoms with van der Waals surface area (Å²) in [4.78, 5) is 4.37. The van der Waals surface area contributed by atoms with Gasteiger partial charge in [0.25, 0.3) is 0 Å². The Morgan fingerprint density at radius 2 is 2.55 bits per heavy atom. The highest BCUT2D eigenvalue weighted by atomic mass is 32.1. The summed E-state index contributed by atoms with van der Waals surface area (Å²) in [5.74, 6) is 0. The molecule has 0 bridgehead atoms. The van der Waals surface area contributed by atoms with Gasteiger partial charge in [-0.1, -0.05) is 0 Å². The first-order valence-electron chi connectivity index (χ1n) is 3.99. The summed E-state index contributed by atoms with van der Waals surface area (Å²) in [5.41, 5.74) is 1.14. The number of rotatable bonds is 3. The van der Waals surface area contributed by atoms with Crippen LogP contribution >= 0.6 is 11.3 Å². The van der Waals surface area contributed by atoms with Crippen LogP contribution < -0.4 is 5.32 Å². The first-order valence-corrected chi connectivity index (χ1v) is 4.87. The number of hydrogen-bond donors (Lipinski definition) is 1. The van der Waals surface area contributed by atoms with Gasteiger partial charge in [0.05, 0.1) is 0 Å². The molecular weight excluding hydrogens is 156 g/mol. The molecule has 0 atom stereocenters. The molecule has 0 amide bonds. The van der Waals surface area contributed by atoms with Crippen LogP contribution in [-0.4, -0.2) is 11.0 Å². The van der Waals surface area contributed by atoms with Crippen molar-refractivity contribution in [1.29, 1.82) is 0 Å². The zero-order valence-electron chi connectivity index (χ0n) is 6.63. The molecule has 60 valence electrons. The molecule has 0 unspecified atom stereocenters. The van der Waals surface area contributed by atoms with Crippen molar-refractivity contribution in [2.75, 3.05) is 0 Å². The highest BCUT2D eigenvalue weighted by molar-refractivity contribution is 7.09. The average molecular weight is 168 g/mol. The zero-order valence-corrected chi connectivity index (χ0v) is 7.45. The third-order valence-corrected chi connectivity index (χ3v) is 2.75. The van der Waals surface area contributed by atoms with E-state index in [1.807, 2.05) is 6.92 Å². The smallest absolute Gasteiger partial charge is 0.107 e. The third-order valence-electron chi connectivity index (χ3n) is 1.79. The number of thiazole rings is 1. The van der Waals surface area contributed by atoms with Gasteiger partial charge in [-0.25, -0.2) is 4.98 Å². The lowest BCUT2D eigenvalue weighted by molar-refractivity contribution is 0.683. The van der Waals surface area contributed by atoms with Crippen molar-refractivity contribution < 1.29 is 0 Å². The molecule has 1 heterocycles. The lowest BCUT2D eigenvalue weighted by Gasteiger charge is -1.96. The van der Waals surface area contributed by atoms with E-state index < -0.39 is 0 Å². The van der Waals surface area contributed by atoms with Gasteiger partial charge in [-0.15, -0.1) is 11.3 Å². The van der Waals surface area contributed by atoms with Crippen LogP contribution in [0.15, 0.2) is 5.38 Å². The Balaban J connectivity index is 1.85. The van der Waals surface area contributed by atoms with Gasteiger partial charge in [0.15, 0.2) is 0 Å². The van der Waals surface area contributed by atoms with E-state index >= 15 is 0 Å². The molecule has 2 nitrogen and oxygen atoms in total. The number of nitrogens with zero attached hydrogens (tertiary/aromatic N) is 1. The standard InChI is InChI=1S/C8H12N2S/c1-6-5-11-8(10-6)4-9-7-2-3-7/h5,7,9H,2-4H2,1H3. The Bertz CT molecular complexity index is 240. The molecule has 1 aromatic rings. The first-order chi connectivity index (χ1) is 5.34. The second-order valence-electron chi connectivity index (χ2n) is 3.04. The Morgan fingerprint density at radius 3 is 3.09 bits per heavy atom. The number of aromatic nitrogens is 1. The van der Waals surface area contributed by atoms with E-state index in [0.717, 1.165) is 18.3 Å². The second-order valence-corrected chi connectivity index (χ2v) is 3.98. The lowest BCUT2D eigenvalue weighted by Crippen LogP contribution is -2.14. The number of aryl methyl sites for hydroxylation is 1. The molecule has 2 rings (SSSR count). The van der Waals surface area contributed by atoms with Crippen molar-refractivity contribution in [3.63, 3.8) is 0 Å². The van der Waals surface area contributed by atoms with Gasteiger partial charge < -0.3 is 5.32 Å². The van der Waals surface area contributed by atoms with Crippen LogP contribution in [0.3, 0.4) is 0 Å². The quantitative estimate of drug-likeness (QED) is 0.743. The van der Waals surface area contributed by atoms with Crippen molar-refractivity contribution in [2.45, 2.75) is 32.4 Å². The molecule has 0 spiro atoms. The molecule has 0 aromatic carbocycles. The summed E-state index contributed by atoms with van der Waals surface area (Å²) >= 11 is 1.75. The minimum absolute atomic E-state index is 0.791. The van der Waals surface area contributed by atoms with Crippen molar-refractivity contribution in [3.05, 3.63) is 16.1 Å². The van der Waals surface area contributed by atoms with Gasteiger partial charge in [-0.2, -0.15) is 0 Å². The van der Waals surface area contributed by atoms with Crippen LogP contribution in [0.2, 0.25) is 0 Å². The van der Waals surface area contributed by atoms with Crippen LogP contribution in [0, 0.1) is 6.92 Å². The molecule has 3 heteroatoms. The lowest BCUT2D eigenvalue weighted by atomic mass is 10.5. The van der Waals surface area contributed by atoms with Gasteiger partial charge in [-0.3, -0.25) is 0 Å². The minimum atomic E-state index is 0.791. The van der Waals surface area contributed by atoms with Crippen LogP contribution in [-0.2, 0) is 6.54 Å². The predicted octanol–water partition coefficient (Wildman–Crippen LogP) is 1.70. The Kier molecular flexibility index (Phi) is 1.92. The summed E-state index contributed by atoms with van der Waals surface area (Å²) < 4.78 is 0. The molecule has 0 radical (unpaired) electrons. The summed E-state index contributed by atoms with van der Waals surface area (Å²) in [6.45, 7) is 3.00. The van der Waals surface area contributed by atoms with Crippen LogP contribution in [0.25, 0.3) is 0 Å². The Hall–Kier alpha value is -0.410. The summed E-state index contributed by atoms with van der Waals surface area (Å²) in [6, 6.07) is 0.791. The van der Waals surface area contributed by atoms with Crippen molar-refractivity contribution >= 4 is 11.3 Å². The van der Waals surface area contributed by atoms with Crippen LogP contribution in [0.1, 0.15) is 23.5 Å². The SMILES string of the molecule is Cc1csc(CNC2CC2)n1. The third kappa shape index (κ3) is 2.01. The summed E-state index contributed by atoms with van der Waals surface area (Å²) in [5, 5.41) is 6.75. The number of nitrogens with one attached hydrogen (secondary N) is 1. The maximum absolute atomic E-state index is 4.37. The van der Waals surface area contributed by atoms with E-state index in [-0.39, 0.29) is 0 Å². The van der Waals surface area contributed by atoms with E-state index in [4.69, 9.17) is 0 Å². The largest absolute Gasteiger partial charge is 0.308 e. The fourth-order valence-corrected chi connectivity index (χ4v) is 1.73. The fraction of sp³-hybridized carbons (Fsp3) is 0.625. The minimum Gasteiger partial charge on any atom is -0.308 e.